The average molecular weight is 603 g/mol. The number of ether oxygens (including phenoxy) is 2. The van der Waals surface area contributed by atoms with Gasteiger partial charge in [-0.15, -0.1) is 0 Å². The van der Waals surface area contributed by atoms with Crippen molar-refractivity contribution in [3.63, 3.8) is 0 Å². The summed E-state index contributed by atoms with van der Waals surface area (Å²) in [6.07, 6.45) is 5.22. The van der Waals surface area contributed by atoms with Gasteiger partial charge in [-0.1, -0.05) is 142 Å². The maximum absolute atomic E-state index is 5.94. The molecule has 1 heterocycles. The number of hydrogen-bond acceptors (Lipinski definition) is 2. The van der Waals surface area contributed by atoms with Gasteiger partial charge in [-0.2, -0.15) is 0 Å². The van der Waals surface area contributed by atoms with E-state index in [1.54, 1.807) is 0 Å². The van der Waals surface area contributed by atoms with Gasteiger partial charge in [-0.3, -0.25) is 0 Å². The van der Waals surface area contributed by atoms with Crippen LogP contribution in [0.5, 0.6) is 0 Å². The molecule has 2 aliphatic rings. The topological polar surface area (TPSA) is 18.5 Å². The van der Waals surface area contributed by atoms with E-state index >= 15 is 0 Å². The van der Waals surface area contributed by atoms with Crippen molar-refractivity contribution in [3.8, 4) is 0 Å². The fourth-order valence-electron chi connectivity index (χ4n) is 6.06. The Morgan fingerprint density at radius 3 is 1.51 bits per heavy atom. The molecule has 1 fully saturated rings. The maximum Gasteiger partial charge on any atom is 0.157 e. The lowest BCUT2D eigenvalue weighted by Gasteiger charge is -2.32. The van der Waals surface area contributed by atoms with E-state index in [-0.39, 0.29) is 11.7 Å². The molecule has 0 amide bonds. The molecule has 4 heteroatoms. The fraction of sp³-hybridized carbons (Fsp3) is 0.231. The first-order valence-electron chi connectivity index (χ1n) is 15.2. The minimum atomic E-state index is -0.844. The zero-order valence-electron chi connectivity index (χ0n) is 25.2. The predicted octanol–water partition coefficient (Wildman–Crippen LogP) is 8.53. The Morgan fingerprint density at radius 1 is 0.651 bits per heavy atom. The van der Waals surface area contributed by atoms with Crippen molar-refractivity contribution in [2.24, 2.45) is 5.41 Å². The van der Waals surface area contributed by atoms with Gasteiger partial charge in [0.1, 0.15) is 0 Å². The van der Waals surface area contributed by atoms with Gasteiger partial charge in [0.05, 0.1) is 13.2 Å². The van der Waals surface area contributed by atoms with Crippen molar-refractivity contribution in [2.45, 2.75) is 39.4 Å². The molecule has 4 aromatic rings. The molecule has 43 heavy (non-hydrogen) atoms. The monoisotopic (exact) mass is 602 g/mol. The van der Waals surface area contributed by atoms with E-state index in [2.05, 4.69) is 141 Å². The smallest absolute Gasteiger partial charge is 0.157 e. The Balaban J connectivity index is 1.52. The Morgan fingerprint density at radius 2 is 1.07 bits per heavy atom. The van der Waals surface area contributed by atoms with E-state index in [4.69, 9.17) is 16.1 Å². The van der Waals surface area contributed by atoms with Gasteiger partial charge in [-0.25, -0.2) is 0 Å². The van der Waals surface area contributed by atoms with E-state index in [1.807, 2.05) is 0 Å². The molecule has 4 aromatic carbocycles. The molecule has 1 saturated heterocycles. The predicted molar refractivity (Wildman–Crippen MR) is 186 cm³/mol. The Kier molecular flexibility index (Phi) is 9.52. The summed E-state index contributed by atoms with van der Waals surface area (Å²) in [6.45, 7) is 11.2. The van der Waals surface area contributed by atoms with Crippen LogP contribution in [0.15, 0.2) is 156 Å². The normalized spacial score (nSPS) is 16.3. The van der Waals surface area contributed by atoms with Crippen LogP contribution in [-0.2, 0) is 9.47 Å². The molecule has 0 spiro atoms. The highest BCUT2D eigenvalue weighted by Gasteiger charge is 2.38. The van der Waals surface area contributed by atoms with Crippen LogP contribution in [0.25, 0.3) is 0 Å². The highest BCUT2D eigenvalue weighted by molar-refractivity contribution is 7.81. The number of hydrogen-bond donors (Lipinski definition) is 0. The molecular weight excluding hydrogens is 562 g/mol. The van der Waals surface area contributed by atoms with Gasteiger partial charge in [-0.05, 0) is 84.3 Å². The third-order valence-electron chi connectivity index (χ3n) is 8.29. The summed E-state index contributed by atoms with van der Waals surface area (Å²) in [5.74, 6) is 0. The van der Waals surface area contributed by atoms with E-state index in [1.165, 1.54) is 43.0 Å². The second-order valence-electron chi connectivity index (χ2n) is 11.7. The first kappa shape index (κ1) is 29.9. The molecule has 0 radical (unpaired) electrons. The molecule has 0 aromatic heterocycles. The molecule has 0 unspecified atom stereocenters. The van der Waals surface area contributed by atoms with Crippen molar-refractivity contribution in [2.75, 3.05) is 13.2 Å². The Bertz CT molecular complexity index is 1490. The summed E-state index contributed by atoms with van der Waals surface area (Å²) in [6, 6.07) is 44.2. The van der Waals surface area contributed by atoms with Crippen molar-refractivity contribution >= 4 is 37.1 Å². The Hall–Kier alpha value is -3.12. The molecule has 218 valence electrons. The largest absolute Gasteiger partial charge is 0.353 e. The zero-order valence-corrected chi connectivity index (χ0v) is 26.9. The van der Waals surface area contributed by atoms with Crippen LogP contribution in [0.2, 0.25) is 0 Å². The molecule has 1 aliphatic heterocycles. The molecule has 6 rings (SSSR count). The van der Waals surface area contributed by atoms with E-state index < -0.39 is 15.8 Å². The van der Waals surface area contributed by atoms with Gasteiger partial charge in [0.2, 0.25) is 0 Å². The number of allylic oxidation sites excluding steroid dienone is 5. The summed E-state index contributed by atoms with van der Waals surface area (Å²) in [4.78, 5) is 0. The van der Waals surface area contributed by atoms with Gasteiger partial charge >= 0.3 is 0 Å². The van der Waals surface area contributed by atoms with Crippen molar-refractivity contribution in [1.82, 2.24) is 0 Å². The SMILES string of the molecule is C=C1C(C(C)(C)CCC2OCCCO2)=CC(P(c2ccccc2)c2ccccc2)=C1P(c1ccccc1)c1ccccc1. The van der Waals surface area contributed by atoms with E-state index in [0.717, 1.165) is 32.5 Å². The summed E-state index contributed by atoms with van der Waals surface area (Å²) in [5, 5.41) is 8.25. The maximum atomic E-state index is 5.94. The number of benzene rings is 4. The number of rotatable bonds is 10. The molecule has 1 aliphatic carbocycles. The van der Waals surface area contributed by atoms with Crippen LogP contribution in [-0.4, -0.2) is 19.5 Å². The third-order valence-corrected chi connectivity index (χ3v) is 13.5. The third kappa shape index (κ3) is 6.69. The van der Waals surface area contributed by atoms with E-state index in [0.29, 0.717) is 0 Å². The lowest BCUT2D eigenvalue weighted by Crippen LogP contribution is -2.27. The van der Waals surface area contributed by atoms with Gasteiger partial charge in [0, 0.05) is 5.31 Å². The Labute approximate surface area is 259 Å². The van der Waals surface area contributed by atoms with Gasteiger partial charge < -0.3 is 9.47 Å². The minimum Gasteiger partial charge on any atom is -0.353 e. The summed E-state index contributed by atoms with van der Waals surface area (Å²) in [7, 11) is -1.66. The van der Waals surface area contributed by atoms with Crippen molar-refractivity contribution in [1.29, 1.82) is 0 Å². The summed E-state index contributed by atoms with van der Waals surface area (Å²) < 4.78 is 11.9. The van der Waals surface area contributed by atoms with Crippen LogP contribution >= 0.6 is 15.8 Å². The van der Waals surface area contributed by atoms with Gasteiger partial charge in [0.25, 0.3) is 0 Å². The lowest BCUT2D eigenvalue weighted by molar-refractivity contribution is -0.183. The van der Waals surface area contributed by atoms with Crippen molar-refractivity contribution < 1.29 is 9.47 Å². The molecular formula is C39H40O2P2. The minimum absolute atomic E-state index is 0.100. The fourth-order valence-corrected chi connectivity index (χ4v) is 11.5. The molecule has 0 bridgehead atoms. The summed E-state index contributed by atoms with van der Waals surface area (Å²) in [5.41, 5.74) is 2.42. The molecule has 0 N–H and O–H groups in total. The van der Waals surface area contributed by atoms with Crippen LogP contribution in [0.3, 0.4) is 0 Å². The van der Waals surface area contributed by atoms with Gasteiger partial charge in [0.15, 0.2) is 6.29 Å². The highest BCUT2D eigenvalue weighted by atomic mass is 31.1. The zero-order chi connectivity index (χ0) is 29.6. The quantitative estimate of drug-likeness (QED) is 0.170. The van der Waals surface area contributed by atoms with E-state index in [9.17, 15) is 0 Å². The average Bonchev–Trinajstić information content (AvgIpc) is 3.40. The first-order chi connectivity index (χ1) is 21.0. The highest BCUT2D eigenvalue weighted by Crippen LogP contribution is 2.62. The second kappa shape index (κ2) is 13.7. The standard InChI is InChI=1S/C39H40O2P2/c1-30-35(39(2,3)26-25-37-40-27-16-28-41-37)29-36(42(31-17-8-4-9-18-31)32-19-10-5-11-20-32)38(30)43(33-21-12-6-13-22-33)34-23-14-7-15-24-34/h4-15,17-24,29,37H,1,16,25-28H2,2-3H3. The lowest BCUT2D eigenvalue weighted by atomic mass is 9.78. The van der Waals surface area contributed by atoms with Crippen LogP contribution in [0, 0.1) is 5.41 Å². The summed E-state index contributed by atoms with van der Waals surface area (Å²) >= 11 is 0. The van der Waals surface area contributed by atoms with Crippen molar-refractivity contribution in [3.05, 3.63) is 156 Å². The second-order valence-corrected chi connectivity index (χ2v) is 16.1. The van der Waals surface area contributed by atoms with Crippen LogP contribution < -0.4 is 21.2 Å². The molecule has 2 nitrogen and oxygen atoms in total. The van der Waals surface area contributed by atoms with Crippen LogP contribution in [0.1, 0.15) is 33.1 Å². The first-order valence-corrected chi connectivity index (χ1v) is 17.9. The molecule has 0 atom stereocenters. The van der Waals surface area contributed by atoms with Crippen LogP contribution in [0.4, 0.5) is 0 Å². The molecule has 0 saturated carbocycles.